The first-order valence-electron chi connectivity index (χ1n) is 8.41. The van der Waals surface area contributed by atoms with Gasteiger partial charge in [-0.1, -0.05) is 42.5 Å². The first-order chi connectivity index (χ1) is 12.2. The average molecular weight is 333 g/mol. The molecule has 2 amide bonds. The van der Waals surface area contributed by atoms with Gasteiger partial charge in [0, 0.05) is 18.7 Å². The van der Waals surface area contributed by atoms with Crippen LogP contribution in [0.25, 0.3) is 6.08 Å². The molecule has 0 spiro atoms. The lowest BCUT2D eigenvalue weighted by atomic mass is 10.1. The SMILES string of the molecule is O=C(/C=C/c1ccccc1)NC1CC2C(=O)Nc3ccccc3N2C1. The van der Waals surface area contributed by atoms with Gasteiger partial charge in [0.05, 0.1) is 11.4 Å². The Morgan fingerprint density at radius 1 is 1.12 bits per heavy atom. The predicted molar refractivity (Wildman–Crippen MR) is 98.2 cm³/mol. The third kappa shape index (κ3) is 3.13. The zero-order chi connectivity index (χ0) is 17.2. The van der Waals surface area contributed by atoms with Gasteiger partial charge in [0.1, 0.15) is 6.04 Å². The van der Waals surface area contributed by atoms with Gasteiger partial charge in [-0.25, -0.2) is 0 Å². The van der Waals surface area contributed by atoms with Crippen LogP contribution in [0.2, 0.25) is 0 Å². The maximum Gasteiger partial charge on any atom is 0.247 e. The number of carbonyl (C=O) groups excluding carboxylic acids is 2. The lowest BCUT2D eigenvalue weighted by molar-refractivity contribution is -0.118. The number of para-hydroxylation sites is 2. The van der Waals surface area contributed by atoms with Crippen LogP contribution < -0.4 is 15.5 Å². The summed E-state index contributed by atoms with van der Waals surface area (Å²) in [5.41, 5.74) is 2.83. The fourth-order valence-electron chi connectivity index (χ4n) is 3.49. The van der Waals surface area contributed by atoms with Crippen LogP contribution in [0.5, 0.6) is 0 Å². The molecule has 126 valence electrons. The van der Waals surface area contributed by atoms with Crippen molar-refractivity contribution >= 4 is 29.3 Å². The number of amides is 2. The molecule has 4 rings (SSSR count). The van der Waals surface area contributed by atoms with Crippen LogP contribution in [-0.4, -0.2) is 30.4 Å². The molecule has 2 heterocycles. The van der Waals surface area contributed by atoms with Crippen molar-refractivity contribution in [2.24, 2.45) is 0 Å². The number of nitrogens with zero attached hydrogens (tertiary/aromatic N) is 1. The number of rotatable bonds is 3. The summed E-state index contributed by atoms with van der Waals surface area (Å²) in [6, 6.07) is 17.2. The predicted octanol–water partition coefficient (Wildman–Crippen LogP) is 2.42. The molecule has 2 aliphatic rings. The van der Waals surface area contributed by atoms with Crippen LogP contribution >= 0.6 is 0 Å². The van der Waals surface area contributed by atoms with E-state index in [1.54, 1.807) is 12.2 Å². The summed E-state index contributed by atoms with van der Waals surface area (Å²) in [4.78, 5) is 26.6. The van der Waals surface area contributed by atoms with Crippen LogP contribution in [0.1, 0.15) is 12.0 Å². The quantitative estimate of drug-likeness (QED) is 0.848. The van der Waals surface area contributed by atoms with E-state index in [1.807, 2.05) is 54.6 Å². The Morgan fingerprint density at radius 2 is 1.88 bits per heavy atom. The van der Waals surface area contributed by atoms with Gasteiger partial charge in [0.25, 0.3) is 0 Å². The van der Waals surface area contributed by atoms with Crippen molar-refractivity contribution in [3.05, 3.63) is 66.2 Å². The molecule has 1 fully saturated rings. The van der Waals surface area contributed by atoms with E-state index in [9.17, 15) is 9.59 Å². The van der Waals surface area contributed by atoms with Crippen molar-refractivity contribution in [3.8, 4) is 0 Å². The highest BCUT2D eigenvalue weighted by atomic mass is 16.2. The van der Waals surface area contributed by atoms with E-state index < -0.39 is 0 Å². The van der Waals surface area contributed by atoms with Gasteiger partial charge in [-0.05, 0) is 30.2 Å². The second-order valence-electron chi connectivity index (χ2n) is 6.36. The molecule has 0 aliphatic carbocycles. The molecule has 25 heavy (non-hydrogen) atoms. The topological polar surface area (TPSA) is 61.4 Å². The average Bonchev–Trinajstić information content (AvgIpc) is 3.05. The van der Waals surface area contributed by atoms with E-state index in [2.05, 4.69) is 15.5 Å². The van der Waals surface area contributed by atoms with Crippen molar-refractivity contribution < 1.29 is 9.59 Å². The van der Waals surface area contributed by atoms with Crippen LogP contribution in [0, 0.1) is 0 Å². The van der Waals surface area contributed by atoms with Gasteiger partial charge >= 0.3 is 0 Å². The lowest BCUT2D eigenvalue weighted by Gasteiger charge is -2.32. The van der Waals surface area contributed by atoms with E-state index >= 15 is 0 Å². The van der Waals surface area contributed by atoms with Crippen LogP contribution in [0.4, 0.5) is 11.4 Å². The molecule has 2 aromatic carbocycles. The number of anilines is 2. The molecule has 0 saturated carbocycles. The van der Waals surface area contributed by atoms with Crippen molar-refractivity contribution in [1.82, 2.24) is 5.32 Å². The number of hydrogen-bond donors (Lipinski definition) is 2. The number of benzene rings is 2. The Bertz CT molecular complexity index is 832. The van der Waals surface area contributed by atoms with Gasteiger partial charge in [-0.15, -0.1) is 0 Å². The molecule has 2 aliphatic heterocycles. The van der Waals surface area contributed by atoms with Crippen LogP contribution in [-0.2, 0) is 9.59 Å². The van der Waals surface area contributed by atoms with E-state index in [0.717, 1.165) is 16.9 Å². The highest BCUT2D eigenvalue weighted by molar-refractivity contribution is 6.04. The van der Waals surface area contributed by atoms with Gasteiger partial charge in [0.15, 0.2) is 0 Å². The summed E-state index contributed by atoms with van der Waals surface area (Å²) in [5.74, 6) is -0.141. The smallest absolute Gasteiger partial charge is 0.247 e. The largest absolute Gasteiger partial charge is 0.356 e. The zero-order valence-electron chi connectivity index (χ0n) is 13.7. The highest BCUT2D eigenvalue weighted by Crippen LogP contribution is 2.36. The summed E-state index contributed by atoms with van der Waals surface area (Å²) in [7, 11) is 0. The van der Waals surface area contributed by atoms with E-state index in [4.69, 9.17) is 0 Å². The normalized spacial score (nSPS) is 21.6. The monoisotopic (exact) mass is 333 g/mol. The first kappa shape index (κ1) is 15.4. The van der Waals surface area contributed by atoms with Crippen molar-refractivity contribution in [2.45, 2.75) is 18.5 Å². The summed E-state index contributed by atoms with van der Waals surface area (Å²) in [6.45, 7) is 0.639. The van der Waals surface area contributed by atoms with E-state index in [0.29, 0.717) is 13.0 Å². The summed E-state index contributed by atoms with van der Waals surface area (Å²) >= 11 is 0. The standard InChI is InChI=1S/C20H19N3O2/c24-19(11-10-14-6-2-1-3-7-14)21-15-12-18-20(25)22-16-8-4-5-9-17(16)23(18)13-15/h1-11,15,18H,12-13H2,(H,21,24)(H,22,25)/b11-10+. The fourth-order valence-corrected chi connectivity index (χ4v) is 3.49. The summed E-state index contributed by atoms with van der Waals surface area (Å²) in [5, 5.41) is 5.95. The minimum atomic E-state index is -0.224. The minimum Gasteiger partial charge on any atom is -0.356 e. The fraction of sp³-hybridized carbons (Fsp3) is 0.200. The van der Waals surface area contributed by atoms with Gasteiger partial charge in [-0.2, -0.15) is 0 Å². The van der Waals surface area contributed by atoms with E-state index in [1.165, 1.54) is 0 Å². The van der Waals surface area contributed by atoms with Crippen molar-refractivity contribution in [2.75, 3.05) is 16.8 Å². The summed E-state index contributed by atoms with van der Waals surface area (Å²) < 4.78 is 0. The lowest BCUT2D eigenvalue weighted by Crippen LogP contribution is -2.43. The minimum absolute atomic E-state index is 0.00437. The Labute approximate surface area is 146 Å². The molecule has 1 saturated heterocycles. The Morgan fingerprint density at radius 3 is 2.72 bits per heavy atom. The van der Waals surface area contributed by atoms with Crippen molar-refractivity contribution in [3.63, 3.8) is 0 Å². The molecule has 5 heteroatoms. The number of fused-ring (bicyclic) bond motifs is 3. The zero-order valence-corrected chi connectivity index (χ0v) is 13.7. The van der Waals surface area contributed by atoms with E-state index in [-0.39, 0.29) is 23.9 Å². The molecule has 5 nitrogen and oxygen atoms in total. The number of nitrogens with one attached hydrogen (secondary N) is 2. The maximum atomic E-state index is 12.3. The Hall–Kier alpha value is -3.08. The molecule has 2 N–H and O–H groups in total. The number of carbonyl (C=O) groups is 2. The molecule has 2 atom stereocenters. The Kier molecular flexibility index (Phi) is 3.98. The third-order valence-electron chi connectivity index (χ3n) is 4.65. The van der Waals surface area contributed by atoms with Crippen LogP contribution in [0.15, 0.2) is 60.7 Å². The molecule has 0 bridgehead atoms. The van der Waals surface area contributed by atoms with Gasteiger partial charge < -0.3 is 15.5 Å². The van der Waals surface area contributed by atoms with Crippen LogP contribution in [0.3, 0.4) is 0 Å². The van der Waals surface area contributed by atoms with Gasteiger partial charge in [-0.3, -0.25) is 9.59 Å². The molecular formula is C20H19N3O2. The second-order valence-corrected chi connectivity index (χ2v) is 6.36. The molecule has 0 radical (unpaired) electrons. The van der Waals surface area contributed by atoms with Gasteiger partial charge in [0.2, 0.25) is 11.8 Å². The number of hydrogen-bond acceptors (Lipinski definition) is 3. The maximum absolute atomic E-state index is 12.3. The highest BCUT2D eigenvalue weighted by Gasteiger charge is 2.41. The molecule has 2 aromatic rings. The molecular weight excluding hydrogens is 314 g/mol. The molecule has 2 unspecified atom stereocenters. The Balaban J connectivity index is 1.43. The van der Waals surface area contributed by atoms with Crippen molar-refractivity contribution in [1.29, 1.82) is 0 Å². The second kappa shape index (κ2) is 6.43. The first-order valence-corrected chi connectivity index (χ1v) is 8.41. The molecule has 0 aromatic heterocycles. The summed E-state index contributed by atoms with van der Waals surface area (Å²) in [6.07, 6.45) is 3.95. The third-order valence-corrected chi connectivity index (χ3v) is 4.65.